The maximum Gasteiger partial charge on any atom is 0.0601 e. The molecule has 0 radical (unpaired) electrons. The van der Waals surface area contributed by atoms with E-state index in [1.54, 1.807) is 0 Å². The van der Waals surface area contributed by atoms with Gasteiger partial charge in [0.2, 0.25) is 0 Å². The fourth-order valence-electron chi connectivity index (χ4n) is 2.39. The summed E-state index contributed by atoms with van der Waals surface area (Å²) in [6.07, 6.45) is 0. The summed E-state index contributed by atoms with van der Waals surface area (Å²) >= 11 is 0. The second-order valence-corrected chi connectivity index (χ2v) is 4.79. The number of likely N-dealkylation sites (N-methyl/N-ethyl adjacent to an activating group) is 1. The van der Waals surface area contributed by atoms with Crippen LogP contribution in [0.25, 0.3) is 0 Å². The largest absolute Gasteiger partial charge is 0.395 e. The summed E-state index contributed by atoms with van der Waals surface area (Å²) in [6.45, 7) is 8.44. The third-order valence-corrected chi connectivity index (χ3v) is 3.69. The number of aliphatic hydroxyl groups is 1. The van der Waals surface area contributed by atoms with Crippen LogP contribution in [0.3, 0.4) is 0 Å². The molecular formula is C14H24N2O. The molecule has 1 aromatic carbocycles. The van der Waals surface area contributed by atoms with Gasteiger partial charge in [-0.15, -0.1) is 0 Å². The third kappa shape index (κ3) is 2.68. The Balaban J connectivity index is 3.37. The van der Waals surface area contributed by atoms with Crippen LogP contribution >= 0.6 is 0 Å². The molecular weight excluding hydrogens is 212 g/mol. The van der Waals surface area contributed by atoms with Crippen LogP contribution in [0.5, 0.6) is 0 Å². The van der Waals surface area contributed by atoms with Crippen molar-refractivity contribution < 1.29 is 5.11 Å². The van der Waals surface area contributed by atoms with E-state index in [0.29, 0.717) is 0 Å². The summed E-state index contributed by atoms with van der Waals surface area (Å²) in [7, 11) is 1.89. The highest BCUT2D eigenvalue weighted by molar-refractivity contribution is 5.46. The number of hydrogen-bond donors (Lipinski definition) is 3. The molecule has 0 spiro atoms. The van der Waals surface area contributed by atoms with Crippen molar-refractivity contribution in [3.63, 3.8) is 0 Å². The lowest BCUT2D eigenvalue weighted by Gasteiger charge is -2.27. The molecule has 0 aliphatic rings. The summed E-state index contributed by atoms with van der Waals surface area (Å²) in [6, 6.07) is 1.92. The first-order chi connectivity index (χ1) is 7.93. The Kier molecular flexibility index (Phi) is 4.69. The van der Waals surface area contributed by atoms with Crippen LogP contribution in [-0.2, 0) is 0 Å². The molecule has 3 heteroatoms. The van der Waals surface area contributed by atoms with E-state index in [4.69, 9.17) is 5.73 Å². The van der Waals surface area contributed by atoms with Crippen molar-refractivity contribution in [1.29, 1.82) is 0 Å². The molecule has 96 valence electrons. The SMILES string of the molecule is CNC(c1c(C)c(C)cc(C)c1C)C(N)CO. The first kappa shape index (κ1) is 14.2. The lowest BCUT2D eigenvalue weighted by Crippen LogP contribution is -2.39. The number of aliphatic hydroxyl groups excluding tert-OH is 1. The predicted octanol–water partition coefficient (Wildman–Crippen LogP) is 1.50. The van der Waals surface area contributed by atoms with E-state index in [1.165, 1.54) is 27.8 Å². The van der Waals surface area contributed by atoms with E-state index < -0.39 is 0 Å². The van der Waals surface area contributed by atoms with Gasteiger partial charge in [-0.2, -0.15) is 0 Å². The summed E-state index contributed by atoms with van der Waals surface area (Å²) in [4.78, 5) is 0. The first-order valence-corrected chi connectivity index (χ1v) is 6.05. The zero-order valence-electron chi connectivity index (χ0n) is 11.5. The second-order valence-electron chi connectivity index (χ2n) is 4.79. The Morgan fingerprint density at radius 3 is 2.00 bits per heavy atom. The van der Waals surface area contributed by atoms with Gasteiger partial charge in [-0.1, -0.05) is 6.07 Å². The van der Waals surface area contributed by atoms with Gasteiger partial charge in [0.1, 0.15) is 0 Å². The van der Waals surface area contributed by atoms with Crippen molar-refractivity contribution in [2.45, 2.75) is 39.8 Å². The van der Waals surface area contributed by atoms with Crippen molar-refractivity contribution in [2.24, 2.45) is 5.73 Å². The molecule has 2 unspecified atom stereocenters. The van der Waals surface area contributed by atoms with Gasteiger partial charge in [0, 0.05) is 12.1 Å². The van der Waals surface area contributed by atoms with E-state index in [2.05, 4.69) is 39.1 Å². The Bertz CT molecular complexity index is 375. The molecule has 0 fully saturated rings. The molecule has 2 atom stereocenters. The van der Waals surface area contributed by atoms with E-state index >= 15 is 0 Å². The fourth-order valence-corrected chi connectivity index (χ4v) is 2.39. The zero-order chi connectivity index (χ0) is 13.2. The lowest BCUT2D eigenvalue weighted by atomic mass is 9.87. The number of nitrogens with two attached hydrogens (primary N) is 1. The number of nitrogens with one attached hydrogen (secondary N) is 1. The van der Waals surface area contributed by atoms with Crippen LogP contribution in [-0.4, -0.2) is 24.8 Å². The normalized spacial score (nSPS) is 14.8. The zero-order valence-corrected chi connectivity index (χ0v) is 11.5. The molecule has 1 aromatic rings. The minimum Gasteiger partial charge on any atom is -0.395 e. The van der Waals surface area contributed by atoms with Crippen molar-refractivity contribution in [2.75, 3.05) is 13.7 Å². The van der Waals surface area contributed by atoms with E-state index in [1.807, 2.05) is 7.05 Å². The Morgan fingerprint density at radius 1 is 1.18 bits per heavy atom. The minimum atomic E-state index is -0.279. The van der Waals surface area contributed by atoms with Crippen LogP contribution in [0.2, 0.25) is 0 Å². The van der Waals surface area contributed by atoms with Gasteiger partial charge in [-0.3, -0.25) is 0 Å². The molecule has 3 nitrogen and oxygen atoms in total. The molecule has 0 amide bonds. The molecule has 17 heavy (non-hydrogen) atoms. The Labute approximate surface area is 104 Å². The van der Waals surface area contributed by atoms with Crippen LogP contribution in [0.4, 0.5) is 0 Å². The first-order valence-electron chi connectivity index (χ1n) is 6.05. The fraction of sp³-hybridized carbons (Fsp3) is 0.571. The molecule has 0 bridgehead atoms. The van der Waals surface area contributed by atoms with Crippen LogP contribution < -0.4 is 11.1 Å². The maximum absolute atomic E-state index is 9.25. The number of aryl methyl sites for hydroxylation is 2. The Hall–Kier alpha value is -0.900. The summed E-state index contributed by atoms with van der Waals surface area (Å²) in [5, 5.41) is 12.5. The van der Waals surface area contributed by atoms with Crippen molar-refractivity contribution in [3.8, 4) is 0 Å². The minimum absolute atomic E-state index is 0.00130. The highest BCUT2D eigenvalue weighted by atomic mass is 16.3. The van der Waals surface area contributed by atoms with Gasteiger partial charge >= 0.3 is 0 Å². The summed E-state index contributed by atoms with van der Waals surface area (Å²) < 4.78 is 0. The molecule has 0 heterocycles. The molecule has 0 saturated carbocycles. The Morgan fingerprint density at radius 2 is 1.65 bits per heavy atom. The topological polar surface area (TPSA) is 58.3 Å². The van der Waals surface area contributed by atoms with E-state index in [9.17, 15) is 5.11 Å². The second kappa shape index (κ2) is 5.63. The van der Waals surface area contributed by atoms with E-state index in [-0.39, 0.29) is 18.7 Å². The average molecular weight is 236 g/mol. The van der Waals surface area contributed by atoms with Gasteiger partial charge in [0.25, 0.3) is 0 Å². The van der Waals surface area contributed by atoms with E-state index in [0.717, 1.165) is 0 Å². The molecule has 0 saturated heterocycles. The molecule has 0 aliphatic heterocycles. The van der Waals surface area contributed by atoms with Gasteiger partial charge < -0.3 is 16.2 Å². The van der Waals surface area contributed by atoms with Gasteiger partial charge in [0.05, 0.1) is 6.61 Å². The average Bonchev–Trinajstić information content (AvgIpc) is 2.31. The summed E-state index contributed by atoms with van der Waals surface area (Å²) in [5.74, 6) is 0. The molecule has 0 aliphatic carbocycles. The quantitative estimate of drug-likeness (QED) is 0.742. The number of benzene rings is 1. The van der Waals surface area contributed by atoms with Gasteiger partial charge in [0.15, 0.2) is 0 Å². The van der Waals surface area contributed by atoms with Crippen LogP contribution in [0.15, 0.2) is 6.07 Å². The van der Waals surface area contributed by atoms with Crippen molar-refractivity contribution in [1.82, 2.24) is 5.32 Å². The monoisotopic (exact) mass is 236 g/mol. The van der Waals surface area contributed by atoms with Crippen LogP contribution in [0.1, 0.15) is 33.9 Å². The number of hydrogen-bond acceptors (Lipinski definition) is 3. The molecule has 0 aromatic heterocycles. The van der Waals surface area contributed by atoms with Gasteiger partial charge in [-0.05, 0) is 62.6 Å². The molecule has 4 N–H and O–H groups in total. The smallest absolute Gasteiger partial charge is 0.0601 e. The predicted molar refractivity (Wildman–Crippen MR) is 72.3 cm³/mol. The molecule has 1 rings (SSSR count). The lowest BCUT2D eigenvalue weighted by molar-refractivity contribution is 0.240. The third-order valence-electron chi connectivity index (χ3n) is 3.69. The highest BCUT2D eigenvalue weighted by Crippen LogP contribution is 2.28. The standard InChI is InChI=1S/C14H24N2O/c1-8-6-9(2)11(4)13(10(8)3)14(16-5)12(15)7-17/h6,12,14,16-17H,7,15H2,1-5H3. The highest BCUT2D eigenvalue weighted by Gasteiger charge is 2.22. The van der Waals surface area contributed by atoms with Crippen molar-refractivity contribution in [3.05, 3.63) is 33.9 Å². The maximum atomic E-state index is 9.25. The van der Waals surface area contributed by atoms with Crippen LogP contribution in [0, 0.1) is 27.7 Å². The van der Waals surface area contributed by atoms with Crippen molar-refractivity contribution >= 4 is 0 Å². The summed E-state index contributed by atoms with van der Waals surface area (Å²) in [5.41, 5.74) is 12.3. The van der Waals surface area contributed by atoms with Gasteiger partial charge in [-0.25, -0.2) is 0 Å². The number of rotatable bonds is 4.